The zero-order chi connectivity index (χ0) is 26.0. The Morgan fingerprint density at radius 1 is 0.564 bits per heavy atom. The third-order valence-corrected chi connectivity index (χ3v) is 6.12. The molecule has 2 aromatic heterocycles. The molecule has 39 heavy (non-hydrogen) atoms. The van der Waals surface area contributed by atoms with Gasteiger partial charge in [0.15, 0.2) is 0 Å². The number of hydrogen-bond acceptors (Lipinski definition) is 3. The number of rotatable bonds is 5. The maximum Gasteiger partial charge on any atom is 0.0748 e. The average Bonchev–Trinajstić information content (AvgIpc) is 3.03. The van der Waals surface area contributed by atoms with E-state index >= 15 is 0 Å². The van der Waals surface area contributed by atoms with E-state index in [1.54, 1.807) is 0 Å². The molecule has 0 bridgehead atoms. The number of nitrogens with zero attached hydrogens (tertiary/aromatic N) is 3. The van der Waals surface area contributed by atoms with Crippen molar-refractivity contribution in [1.29, 1.82) is 0 Å². The van der Waals surface area contributed by atoms with Crippen molar-refractivity contribution in [3.8, 4) is 44.9 Å². The zero-order valence-electron chi connectivity index (χ0n) is 21.6. The summed E-state index contributed by atoms with van der Waals surface area (Å²) in [5, 5.41) is 0. The molecule has 0 fully saturated rings. The SMILES string of the molecule is CCc1cnc(-c2[c-]ccc(-c3ccccc3)c2)nc1.[Ir].[c-]1ccccc1-c1cc(-c2ccccc2)ccn1. The van der Waals surface area contributed by atoms with Gasteiger partial charge in [-0.25, -0.2) is 0 Å². The van der Waals surface area contributed by atoms with Crippen molar-refractivity contribution in [2.24, 2.45) is 0 Å². The summed E-state index contributed by atoms with van der Waals surface area (Å²) in [6.07, 6.45) is 6.56. The predicted molar refractivity (Wildman–Crippen MR) is 155 cm³/mol. The van der Waals surface area contributed by atoms with Gasteiger partial charge in [0, 0.05) is 38.7 Å². The monoisotopic (exact) mass is 682 g/mol. The first-order chi connectivity index (χ1) is 18.8. The standard InChI is InChI=1S/C18H15N2.C17H12N.Ir/c1-2-14-12-19-18(20-13-14)17-10-6-9-16(11-17)15-7-4-3-5-8-15;1-3-7-14(8-4-1)16-11-12-18-17(13-16)15-9-5-2-6-10-15;/h3-9,11-13H,2H2,1H3;1-9,11-13H;/q2*-1;. The first-order valence-electron chi connectivity index (χ1n) is 12.7. The largest absolute Gasteiger partial charge is 0.305 e. The molecular weight excluding hydrogens is 655 g/mol. The normalized spacial score (nSPS) is 10.1. The second-order valence-electron chi connectivity index (χ2n) is 8.70. The van der Waals surface area contributed by atoms with Crippen LogP contribution in [0.1, 0.15) is 12.5 Å². The van der Waals surface area contributed by atoms with Crippen LogP contribution in [0.4, 0.5) is 0 Å². The Morgan fingerprint density at radius 2 is 1.18 bits per heavy atom. The molecule has 0 unspecified atom stereocenters. The molecule has 0 N–H and O–H groups in total. The Kier molecular flexibility index (Phi) is 10.0. The Bertz CT molecular complexity index is 1520. The van der Waals surface area contributed by atoms with Gasteiger partial charge in [-0.15, -0.1) is 71.3 Å². The molecule has 4 heteroatoms. The molecule has 193 valence electrons. The fourth-order valence-electron chi connectivity index (χ4n) is 4.02. The summed E-state index contributed by atoms with van der Waals surface area (Å²) in [6.45, 7) is 2.10. The Morgan fingerprint density at radius 3 is 1.79 bits per heavy atom. The molecule has 0 atom stereocenters. The van der Waals surface area contributed by atoms with Crippen LogP contribution in [0.2, 0.25) is 0 Å². The van der Waals surface area contributed by atoms with Crippen molar-refractivity contribution < 1.29 is 20.1 Å². The van der Waals surface area contributed by atoms with Crippen molar-refractivity contribution in [1.82, 2.24) is 15.0 Å². The minimum atomic E-state index is 0. The smallest absolute Gasteiger partial charge is 0.0748 e. The number of pyridine rings is 1. The first-order valence-corrected chi connectivity index (χ1v) is 12.7. The Balaban J connectivity index is 0.000000177. The summed E-state index contributed by atoms with van der Waals surface area (Å²) in [6, 6.07) is 45.1. The van der Waals surface area contributed by atoms with Crippen molar-refractivity contribution in [2.45, 2.75) is 13.3 Å². The minimum absolute atomic E-state index is 0. The van der Waals surface area contributed by atoms with Gasteiger partial charge in [0.05, 0.1) is 5.82 Å². The van der Waals surface area contributed by atoms with E-state index < -0.39 is 0 Å². The van der Waals surface area contributed by atoms with Gasteiger partial charge in [-0.05, 0) is 40.4 Å². The van der Waals surface area contributed by atoms with Crippen LogP contribution in [0, 0.1) is 12.1 Å². The molecule has 0 aliphatic rings. The van der Waals surface area contributed by atoms with Crippen LogP contribution in [0.15, 0.2) is 134 Å². The molecule has 6 aromatic rings. The van der Waals surface area contributed by atoms with Crippen molar-refractivity contribution in [3.63, 3.8) is 0 Å². The number of aryl methyl sites for hydroxylation is 1. The Hall–Kier alpha value is -4.24. The molecule has 4 aromatic carbocycles. The minimum Gasteiger partial charge on any atom is -0.305 e. The average molecular weight is 682 g/mol. The van der Waals surface area contributed by atoms with Gasteiger partial charge in [0.25, 0.3) is 0 Å². The molecule has 1 radical (unpaired) electrons. The van der Waals surface area contributed by atoms with Crippen LogP contribution in [-0.4, -0.2) is 15.0 Å². The molecular formula is C35H27IrN3-2. The number of hydrogen-bond donors (Lipinski definition) is 0. The molecule has 0 saturated carbocycles. The van der Waals surface area contributed by atoms with E-state index in [0.29, 0.717) is 0 Å². The van der Waals surface area contributed by atoms with Crippen molar-refractivity contribution in [3.05, 3.63) is 152 Å². The van der Waals surface area contributed by atoms with Crippen LogP contribution in [-0.2, 0) is 26.5 Å². The van der Waals surface area contributed by atoms with Gasteiger partial charge in [-0.2, -0.15) is 0 Å². The molecule has 0 amide bonds. The third-order valence-electron chi connectivity index (χ3n) is 6.12. The van der Waals surface area contributed by atoms with Crippen LogP contribution in [0.3, 0.4) is 0 Å². The summed E-state index contributed by atoms with van der Waals surface area (Å²) in [5.74, 6) is 0.722. The molecule has 6 rings (SSSR count). The van der Waals surface area contributed by atoms with E-state index in [1.165, 1.54) is 16.7 Å². The fourth-order valence-corrected chi connectivity index (χ4v) is 4.02. The molecule has 3 nitrogen and oxygen atoms in total. The van der Waals surface area contributed by atoms with E-state index in [1.807, 2.05) is 91.4 Å². The van der Waals surface area contributed by atoms with E-state index in [9.17, 15) is 0 Å². The van der Waals surface area contributed by atoms with E-state index in [-0.39, 0.29) is 20.1 Å². The Labute approximate surface area is 244 Å². The second kappa shape index (κ2) is 14.1. The summed E-state index contributed by atoms with van der Waals surface area (Å²) >= 11 is 0. The van der Waals surface area contributed by atoms with E-state index in [4.69, 9.17) is 0 Å². The zero-order valence-corrected chi connectivity index (χ0v) is 24.0. The molecule has 0 spiro atoms. The van der Waals surface area contributed by atoms with Crippen LogP contribution >= 0.6 is 0 Å². The van der Waals surface area contributed by atoms with E-state index in [0.717, 1.165) is 40.2 Å². The summed E-state index contributed by atoms with van der Waals surface area (Å²) in [5.41, 5.74) is 8.78. The summed E-state index contributed by atoms with van der Waals surface area (Å²) < 4.78 is 0. The topological polar surface area (TPSA) is 38.7 Å². The summed E-state index contributed by atoms with van der Waals surface area (Å²) in [7, 11) is 0. The third kappa shape index (κ3) is 7.42. The van der Waals surface area contributed by atoms with Gasteiger partial charge in [-0.3, -0.25) is 9.97 Å². The molecule has 2 heterocycles. The molecule has 0 aliphatic carbocycles. The van der Waals surface area contributed by atoms with Gasteiger partial charge in [0.1, 0.15) is 0 Å². The van der Waals surface area contributed by atoms with Gasteiger partial charge >= 0.3 is 0 Å². The van der Waals surface area contributed by atoms with Crippen molar-refractivity contribution in [2.75, 3.05) is 0 Å². The van der Waals surface area contributed by atoms with Crippen LogP contribution in [0.25, 0.3) is 44.9 Å². The quantitative estimate of drug-likeness (QED) is 0.172. The molecule has 0 saturated heterocycles. The molecule has 0 aliphatic heterocycles. The second-order valence-corrected chi connectivity index (χ2v) is 8.70. The van der Waals surface area contributed by atoms with Crippen LogP contribution < -0.4 is 0 Å². The maximum absolute atomic E-state index is 4.41. The van der Waals surface area contributed by atoms with Crippen LogP contribution in [0.5, 0.6) is 0 Å². The number of aromatic nitrogens is 3. The van der Waals surface area contributed by atoms with E-state index in [2.05, 4.69) is 76.5 Å². The summed E-state index contributed by atoms with van der Waals surface area (Å²) in [4.78, 5) is 13.2. The number of benzene rings is 4. The van der Waals surface area contributed by atoms with Gasteiger partial charge in [-0.1, -0.05) is 73.7 Å². The predicted octanol–water partition coefficient (Wildman–Crippen LogP) is 8.39. The van der Waals surface area contributed by atoms with Crippen molar-refractivity contribution >= 4 is 0 Å². The van der Waals surface area contributed by atoms with Gasteiger partial charge < -0.3 is 4.98 Å². The van der Waals surface area contributed by atoms with Gasteiger partial charge in [0.2, 0.25) is 0 Å². The maximum atomic E-state index is 4.41. The first kappa shape index (κ1) is 27.8. The fraction of sp³-hybridized carbons (Fsp3) is 0.0571.